The highest BCUT2D eigenvalue weighted by atomic mass is 19.4. The molecule has 9 heteroatoms. The van der Waals surface area contributed by atoms with E-state index in [9.17, 15) is 31.1 Å². The molecular weight excluding hydrogens is 268 g/mol. The van der Waals surface area contributed by atoms with Gasteiger partial charge in [-0.15, -0.1) is 0 Å². The first-order valence-electron chi connectivity index (χ1n) is 5.08. The van der Waals surface area contributed by atoms with Crippen molar-refractivity contribution in [2.45, 2.75) is 25.7 Å². The van der Waals surface area contributed by atoms with Crippen LogP contribution in [0.5, 0.6) is 0 Å². The van der Waals surface area contributed by atoms with Crippen LogP contribution in [0.2, 0.25) is 0 Å². The van der Waals surface area contributed by atoms with Gasteiger partial charge in [0.25, 0.3) is 0 Å². The molecule has 3 nitrogen and oxygen atoms in total. The number of nitrogens with zero attached hydrogens (tertiary/aromatic N) is 1. The van der Waals surface area contributed by atoms with E-state index in [0.29, 0.717) is 6.61 Å². The van der Waals surface area contributed by atoms with E-state index in [-0.39, 0.29) is 17.9 Å². The molecule has 0 aliphatic heterocycles. The van der Waals surface area contributed by atoms with E-state index >= 15 is 0 Å². The first-order chi connectivity index (χ1) is 8.08. The lowest BCUT2D eigenvalue weighted by Gasteiger charge is -2.24. The quantitative estimate of drug-likeness (QED) is 0.552. The Balaban J connectivity index is 4.49. The number of hydrogen-bond acceptors (Lipinski definition) is 2. The van der Waals surface area contributed by atoms with Crippen molar-refractivity contribution >= 4 is 5.91 Å². The van der Waals surface area contributed by atoms with E-state index in [1.165, 1.54) is 0 Å². The maximum Gasteiger partial charge on any atom is 0.471 e. The normalized spacial score (nSPS) is 12.6. The third-order valence-corrected chi connectivity index (χ3v) is 1.82. The maximum absolute atomic E-state index is 12.1. The van der Waals surface area contributed by atoms with Crippen LogP contribution in [0, 0.1) is 0 Å². The van der Waals surface area contributed by atoms with Gasteiger partial charge in [-0.25, -0.2) is 0 Å². The van der Waals surface area contributed by atoms with Crippen molar-refractivity contribution in [3.8, 4) is 0 Å². The van der Waals surface area contributed by atoms with E-state index in [1.807, 2.05) is 0 Å². The molecule has 0 radical (unpaired) electrons. The summed E-state index contributed by atoms with van der Waals surface area (Å²) in [5.74, 6) is -2.49. The number of carbonyl (C=O) groups is 1. The summed E-state index contributed by atoms with van der Waals surface area (Å²) in [6.07, 6.45) is -10.3. The van der Waals surface area contributed by atoms with Gasteiger partial charge in [0, 0.05) is 19.8 Å². The highest BCUT2D eigenvalue weighted by Gasteiger charge is 2.45. The predicted molar refractivity (Wildman–Crippen MR) is 49.8 cm³/mol. The summed E-state index contributed by atoms with van der Waals surface area (Å²) in [6.45, 7) is -0.647. The number of alkyl halides is 6. The summed E-state index contributed by atoms with van der Waals surface area (Å²) < 4.78 is 77.1. The number of carbonyl (C=O) groups excluding carboxylic acids is 1. The lowest BCUT2D eigenvalue weighted by atomic mass is 10.3. The van der Waals surface area contributed by atoms with Crippen LogP contribution in [0.15, 0.2) is 0 Å². The minimum atomic E-state index is -5.31. The van der Waals surface area contributed by atoms with Crippen molar-refractivity contribution in [1.29, 1.82) is 0 Å². The van der Waals surface area contributed by atoms with Crippen molar-refractivity contribution in [3.63, 3.8) is 0 Å². The average Bonchev–Trinajstić information content (AvgIpc) is 2.18. The zero-order valence-corrected chi connectivity index (χ0v) is 9.57. The van der Waals surface area contributed by atoms with Crippen LogP contribution in [0.25, 0.3) is 0 Å². The van der Waals surface area contributed by atoms with Crippen LogP contribution in [0.1, 0.15) is 13.3 Å². The van der Waals surface area contributed by atoms with Crippen LogP contribution < -0.4 is 0 Å². The van der Waals surface area contributed by atoms with E-state index in [4.69, 9.17) is 4.74 Å². The lowest BCUT2D eigenvalue weighted by molar-refractivity contribution is -0.198. The Morgan fingerprint density at radius 3 is 2.11 bits per heavy atom. The molecule has 0 aromatic carbocycles. The maximum atomic E-state index is 12.1. The van der Waals surface area contributed by atoms with Crippen LogP contribution in [0.4, 0.5) is 26.3 Å². The van der Waals surface area contributed by atoms with Gasteiger partial charge in [0.1, 0.15) is 6.54 Å². The summed E-state index contributed by atoms with van der Waals surface area (Å²) in [6, 6.07) is 0. The zero-order chi connectivity index (χ0) is 14.4. The fraction of sp³-hybridized carbons (Fsp3) is 0.889. The number of hydrogen-bond donors (Lipinski definition) is 0. The fourth-order valence-corrected chi connectivity index (χ4v) is 1.15. The molecule has 0 unspecified atom stereocenters. The van der Waals surface area contributed by atoms with Crippen molar-refractivity contribution in [2.75, 3.05) is 26.3 Å². The van der Waals surface area contributed by atoms with Gasteiger partial charge in [-0.05, 0) is 13.3 Å². The highest BCUT2D eigenvalue weighted by molar-refractivity contribution is 5.81. The molecular formula is C9H13F6NO2. The van der Waals surface area contributed by atoms with Crippen LogP contribution in [-0.2, 0) is 9.53 Å². The van der Waals surface area contributed by atoms with E-state index in [0.717, 1.165) is 0 Å². The molecule has 18 heavy (non-hydrogen) atoms. The Bertz CT molecular complexity index is 263. The van der Waals surface area contributed by atoms with Crippen molar-refractivity contribution in [2.24, 2.45) is 0 Å². The Hall–Kier alpha value is -0.990. The Labute approximate surface area is 99.7 Å². The number of halogens is 6. The second-order valence-corrected chi connectivity index (χ2v) is 3.39. The molecule has 0 aromatic rings. The highest BCUT2D eigenvalue weighted by Crippen LogP contribution is 2.23. The predicted octanol–water partition coefficient (Wildman–Crippen LogP) is 2.37. The molecule has 0 rings (SSSR count). The lowest BCUT2D eigenvalue weighted by Crippen LogP contribution is -2.46. The monoisotopic (exact) mass is 281 g/mol. The van der Waals surface area contributed by atoms with Gasteiger partial charge in [0.05, 0.1) is 0 Å². The molecule has 0 aliphatic rings. The van der Waals surface area contributed by atoms with Gasteiger partial charge in [0.15, 0.2) is 0 Å². The summed E-state index contributed by atoms with van der Waals surface area (Å²) in [7, 11) is 0. The van der Waals surface area contributed by atoms with Gasteiger partial charge in [-0.1, -0.05) is 0 Å². The summed E-state index contributed by atoms with van der Waals surface area (Å²) in [5.41, 5.74) is 0. The zero-order valence-electron chi connectivity index (χ0n) is 9.57. The minimum Gasteiger partial charge on any atom is -0.382 e. The molecule has 0 saturated carbocycles. The molecule has 0 spiro atoms. The number of ether oxygens (including phenoxy) is 1. The van der Waals surface area contributed by atoms with Gasteiger partial charge >= 0.3 is 18.3 Å². The average molecular weight is 281 g/mol. The second kappa shape index (κ2) is 6.81. The van der Waals surface area contributed by atoms with E-state index < -0.39 is 31.3 Å². The first kappa shape index (κ1) is 17.0. The van der Waals surface area contributed by atoms with Gasteiger partial charge in [-0.2, -0.15) is 26.3 Å². The Morgan fingerprint density at radius 1 is 1.17 bits per heavy atom. The number of rotatable bonds is 6. The van der Waals surface area contributed by atoms with Gasteiger partial charge in [-0.3, -0.25) is 4.79 Å². The standard InChI is InChI=1S/C9H13F6NO2/c1-2-18-5-3-4-16(6-8(10,11)12)7(17)9(13,14)15/h2-6H2,1H3. The summed E-state index contributed by atoms with van der Waals surface area (Å²) in [5, 5.41) is 0. The smallest absolute Gasteiger partial charge is 0.382 e. The molecule has 0 heterocycles. The van der Waals surface area contributed by atoms with Crippen LogP contribution in [0.3, 0.4) is 0 Å². The minimum absolute atomic E-state index is 0.00397. The van der Waals surface area contributed by atoms with Crippen molar-refractivity contribution in [3.05, 3.63) is 0 Å². The molecule has 108 valence electrons. The largest absolute Gasteiger partial charge is 0.471 e. The third kappa shape index (κ3) is 7.36. The van der Waals surface area contributed by atoms with Gasteiger partial charge < -0.3 is 9.64 Å². The fourth-order valence-electron chi connectivity index (χ4n) is 1.15. The Morgan fingerprint density at radius 2 is 1.72 bits per heavy atom. The van der Waals surface area contributed by atoms with E-state index in [2.05, 4.69) is 0 Å². The molecule has 0 aliphatic carbocycles. The first-order valence-corrected chi connectivity index (χ1v) is 5.08. The van der Waals surface area contributed by atoms with E-state index in [1.54, 1.807) is 6.92 Å². The SMILES string of the molecule is CCOCCCN(CC(F)(F)F)C(=O)C(F)(F)F. The summed E-state index contributed by atoms with van der Waals surface area (Å²) in [4.78, 5) is 10.5. The van der Waals surface area contributed by atoms with Crippen LogP contribution >= 0.6 is 0 Å². The molecule has 0 aromatic heterocycles. The molecule has 0 saturated heterocycles. The molecule has 0 fully saturated rings. The third-order valence-electron chi connectivity index (χ3n) is 1.82. The second-order valence-electron chi connectivity index (χ2n) is 3.39. The molecule has 0 N–H and O–H groups in total. The summed E-state index contributed by atoms with van der Waals surface area (Å²) >= 11 is 0. The topological polar surface area (TPSA) is 29.5 Å². The van der Waals surface area contributed by atoms with Crippen LogP contribution in [-0.4, -0.2) is 49.5 Å². The molecule has 0 bridgehead atoms. The van der Waals surface area contributed by atoms with Crippen molar-refractivity contribution < 1.29 is 35.9 Å². The Kier molecular flexibility index (Phi) is 6.44. The van der Waals surface area contributed by atoms with Gasteiger partial charge in [0.2, 0.25) is 0 Å². The molecule has 0 atom stereocenters. The van der Waals surface area contributed by atoms with Crippen molar-refractivity contribution in [1.82, 2.24) is 4.90 Å². The number of amides is 1. The molecule has 1 amide bonds.